The molecule has 0 rings (SSSR count). The van der Waals surface area contributed by atoms with Crippen molar-refractivity contribution < 1.29 is 0 Å². The van der Waals surface area contributed by atoms with E-state index in [1.165, 1.54) is 44.9 Å². The zero-order valence-electron chi connectivity index (χ0n) is 11.5. The Kier molecular flexibility index (Phi) is 10.6. The Balaban J connectivity index is 3.42. The van der Waals surface area contributed by atoms with Gasteiger partial charge in [-0.15, -0.1) is 6.58 Å². The highest BCUT2D eigenvalue weighted by Crippen LogP contribution is 2.14. The standard InChI is InChI=1S/C16H30/c1-5-7-12-16(4)14-10-8-9-13-15(3)11-6-2/h5,8-9,15-16H,1,6-7,10-14H2,2-4H3. The average Bonchev–Trinajstić information content (AvgIpc) is 2.26. The summed E-state index contributed by atoms with van der Waals surface area (Å²) < 4.78 is 0. The minimum atomic E-state index is 0.843. The third kappa shape index (κ3) is 10.0. The van der Waals surface area contributed by atoms with Crippen molar-refractivity contribution >= 4 is 0 Å². The summed E-state index contributed by atoms with van der Waals surface area (Å²) in [7, 11) is 0. The third-order valence-electron chi connectivity index (χ3n) is 3.18. The molecule has 16 heavy (non-hydrogen) atoms. The van der Waals surface area contributed by atoms with E-state index in [4.69, 9.17) is 0 Å². The van der Waals surface area contributed by atoms with Crippen molar-refractivity contribution in [1.82, 2.24) is 0 Å². The highest BCUT2D eigenvalue weighted by atomic mass is 14.0. The van der Waals surface area contributed by atoms with Crippen molar-refractivity contribution in [2.75, 3.05) is 0 Å². The minimum absolute atomic E-state index is 0.843. The molecule has 0 aliphatic rings. The second kappa shape index (κ2) is 11.0. The van der Waals surface area contributed by atoms with Crippen LogP contribution in [0, 0.1) is 11.8 Å². The van der Waals surface area contributed by atoms with Crippen LogP contribution in [0.15, 0.2) is 24.8 Å². The number of allylic oxidation sites excluding steroid dienone is 3. The first-order chi connectivity index (χ1) is 7.70. The SMILES string of the molecule is C=CCCC(C)CCC=CCC(C)CCC. The molecule has 0 heteroatoms. The molecule has 0 aromatic rings. The van der Waals surface area contributed by atoms with Crippen molar-refractivity contribution in [1.29, 1.82) is 0 Å². The van der Waals surface area contributed by atoms with Gasteiger partial charge < -0.3 is 0 Å². The van der Waals surface area contributed by atoms with Crippen LogP contribution in [0.1, 0.15) is 65.7 Å². The van der Waals surface area contributed by atoms with Gasteiger partial charge in [0.05, 0.1) is 0 Å². The van der Waals surface area contributed by atoms with E-state index in [0.29, 0.717) is 0 Å². The molecule has 0 aromatic heterocycles. The van der Waals surface area contributed by atoms with Gasteiger partial charge in [0.2, 0.25) is 0 Å². The molecule has 0 saturated heterocycles. The van der Waals surface area contributed by atoms with E-state index in [-0.39, 0.29) is 0 Å². The van der Waals surface area contributed by atoms with Crippen LogP contribution in [0.4, 0.5) is 0 Å². The van der Waals surface area contributed by atoms with Crippen molar-refractivity contribution in [2.45, 2.75) is 65.7 Å². The maximum atomic E-state index is 3.77. The zero-order chi connectivity index (χ0) is 12.2. The summed E-state index contributed by atoms with van der Waals surface area (Å²) in [6.45, 7) is 10.7. The molecule has 0 spiro atoms. The van der Waals surface area contributed by atoms with Crippen molar-refractivity contribution in [3.8, 4) is 0 Å². The summed E-state index contributed by atoms with van der Waals surface area (Å²) in [5, 5.41) is 0. The highest BCUT2D eigenvalue weighted by Gasteiger charge is 1.99. The van der Waals surface area contributed by atoms with Crippen LogP contribution in [0.25, 0.3) is 0 Å². The van der Waals surface area contributed by atoms with Gasteiger partial charge in [-0.2, -0.15) is 0 Å². The van der Waals surface area contributed by atoms with Crippen LogP contribution >= 0.6 is 0 Å². The Labute approximate surface area is 103 Å². The van der Waals surface area contributed by atoms with Crippen LogP contribution in [0.3, 0.4) is 0 Å². The summed E-state index contributed by atoms with van der Waals surface area (Å²) in [5.74, 6) is 1.70. The topological polar surface area (TPSA) is 0 Å². The predicted octanol–water partition coefficient (Wildman–Crippen LogP) is 5.75. The van der Waals surface area contributed by atoms with E-state index >= 15 is 0 Å². The van der Waals surface area contributed by atoms with E-state index in [9.17, 15) is 0 Å². The lowest BCUT2D eigenvalue weighted by Gasteiger charge is -2.08. The predicted molar refractivity (Wildman–Crippen MR) is 75.7 cm³/mol. The Morgan fingerprint density at radius 2 is 1.62 bits per heavy atom. The normalized spacial score (nSPS) is 15.2. The smallest absolute Gasteiger partial charge is 0.0325 e. The third-order valence-corrected chi connectivity index (χ3v) is 3.18. The van der Waals surface area contributed by atoms with Gasteiger partial charge in [0, 0.05) is 0 Å². The number of rotatable bonds is 10. The second-order valence-electron chi connectivity index (χ2n) is 5.15. The summed E-state index contributed by atoms with van der Waals surface area (Å²) in [6, 6.07) is 0. The summed E-state index contributed by atoms with van der Waals surface area (Å²) in [4.78, 5) is 0. The van der Waals surface area contributed by atoms with Gasteiger partial charge in [0.15, 0.2) is 0 Å². The fourth-order valence-corrected chi connectivity index (χ4v) is 1.98. The molecule has 0 aliphatic carbocycles. The van der Waals surface area contributed by atoms with E-state index < -0.39 is 0 Å². The quantitative estimate of drug-likeness (QED) is 0.413. The van der Waals surface area contributed by atoms with Crippen molar-refractivity contribution in [3.05, 3.63) is 24.8 Å². The summed E-state index contributed by atoms with van der Waals surface area (Å²) in [5.41, 5.74) is 0. The fourth-order valence-electron chi connectivity index (χ4n) is 1.98. The molecule has 0 saturated carbocycles. The Morgan fingerprint density at radius 3 is 2.25 bits per heavy atom. The molecule has 2 unspecified atom stereocenters. The lowest BCUT2D eigenvalue weighted by Crippen LogP contribution is -1.93. The molecule has 0 bridgehead atoms. The van der Waals surface area contributed by atoms with Gasteiger partial charge in [-0.3, -0.25) is 0 Å². The van der Waals surface area contributed by atoms with Gasteiger partial charge in [-0.05, 0) is 43.9 Å². The van der Waals surface area contributed by atoms with Crippen LogP contribution in [-0.4, -0.2) is 0 Å². The summed E-state index contributed by atoms with van der Waals surface area (Å²) in [6.07, 6.45) is 15.7. The molecule has 0 radical (unpaired) electrons. The Morgan fingerprint density at radius 1 is 0.938 bits per heavy atom. The Bertz CT molecular complexity index is 178. The molecular formula is C16H30. The molecule has 0 aliphatic heterocycles. The first kappa shape index (κ1) is 15.5. The van der Waals surface area contributed by atoms with E-state index in [2.05, 4.69) is 39.5 Å². The van der Waals surface area contributed by atoms with Crippen LogP contribution < -0.4 is 0 Å². The fraction of sp³-hybridized carbons (Fsp3) is 0.750. The molecule has 0 N–H and O–H groups in total. The molecule has 0 amide bonds. The first-order valence-corrected chi connectivity index (χ1v) is 6.96. The molecule has 0 heterocycles. The number of hydrogen-bond donors (Lipinski definition) is 0. The van der Waals surface area contributed by atoms with Crippen molar-refractivity contribution in [2.24, 2.45) is 11.8 Å². The van der Waals surface area contributed by atoms with Crippen LogP contribution in [0.2, 0.25) is 0 Å². The molecule has 0 aromatic carbocycles. The van der Waals surface area contributed by atoms with Gasteiger partial charge in [-0.25, -0.2) is 0 Å². The monoisotopic (exact) mass is 222 g/mol. The van der Waals surface area contributed by atoms with Gasteiger partial charge in [-0.1, -0.05) is 51.8 Å². The lowest BCUT2D eigenvalue weighted by atomic mass is 9.98. The molecular weight excluding hydrogens is 192 g/mol. The molecule has 0 fully saturated rings. The van der Waals surface area contributed by atoms with Crippen LogP contribution in [-0.2, 0) is 0 Å². The average molecular weight is 222 g/mol. The number of hydrogen-bond acceptors (Lipinski definition) is 0. The molecule has 94 valence electrons. The largest absolute Gasteiger partial charge is 0.103 e. The zero-order valence-corrected chi connectivity index (χ0v) is 11.5. The maximum Gasteiger partial charge on any atom is -0.0325 e. The first-order valence-electron chi connectivity index (χ1n) is 6.96. The highest BCUT2D eigenvalue weighted by molar-refractivity contribution is 4.83. The second-order valence-corrected chi connectivity index (χ2v) is 5.15. The lowest BCUT2D eigenvalue weighted by molar-refractivity contribution is 0.500. The van der Waals surface area contributed by atoms with Gasteiger partial charge in [0.1, 0.15) is 0 Å². The Hall–Kier alpha value is -0.520. The van der Waals surface area contributed by atoms with E-state index in [1.807, 2.05) is 6.08 Å². The van der Waals surface area contributed by atoms with Gasteiger partial charge >= 0.3 is 0 Å². The minimum Gasteiger partial charge on any atom is -0.103 e. The van der Waals surface area contributed by atoms with Crippen LogP contribution in [0.5, 0.6) is 0 Å². The maximum absolute atomic E-state index is 3.77. The van der Waals surface area contributed by atoms with E-state index in [0.717, 1.165) is 11.8 Å². The molecule has 2 atom stereocenters. The summed E-state index contributed by atoms with van der Waals surface area (Å²) >= 11 is 0. The van der Waals surface area contributed by atoms with Crippen molar-refractivity contribution in [3.63, 3.8) is 0 Å². The molecule has 0 nitrogen and oxygen atoms in total. The van der Waals surface area contributed by atoms with E-state index in [1.54, 1.807) is 0 Å². The van der Waals surface area contributed by atoms with Gasteiger partial charge in [0.25, 0.3) is 0 Å².